The Morgan fingerprint density at radius 3 is 2.59 bits per heavy atom. The van der Waals surface area contributed by atoms with Crippen molar-refractivity contribution >= 4 is 11.6 Å². The number of carbonyl (C=O) groups excluding carboxylic acids is 1. The van der Waals surface area contributed by atoms with E-state index in [-0.39, 0.29) is 5.91 Å². The average Bonchev–Trinajstić information content (AvgIpc) is 2.31. The number of amides is 1. The van der Waals surface area contributed by atoms with Gasteiger partial charge < -0.3 is 4.90 Å². The zero-order chi connectivity index (χ0) is 12.3. The van der Waals surface area contributed by atoms with E-state index < -0.39 is 0 Å². The van der Waals surface area contributed by atoms with Gasteiger partial charge >= 0.3 is 0 Å². The van der Waals surface area contributed by atoms with E-state index in [1.165, 1.54) is 0 Å². The molecular formula is C12H17N3O2. The summed E-state index contributed by atoms with van der Waals surface area (Å²) in [7, 11) is 1.96. The van der Waals surface area contributed by atoms with Crippen LogP contribution in [0, 0.1) is 0 Å². The van der Waals surface area contributed by atoms with Gasteiger partial charge in [-0.25, -0.2) is 5.90 Å². The summed E-state index contributed by atoms with van der Waals surface area (Å²) in [6, 6.07) is 7.71. The fraction of sp³-hybridized carbons (Fsp3) is 0.417. The Bertz CT molecular complexity index is 391. The van der Waals surface area contributed by atoms with Crippen LogP contribution in [0.4, 0.5) is 5.69 Å². The molecule has 0 aliphatic carbocycles. The second-order valence-electron chi connectivity index (χ2n) is 4.26. The number of nitrogens with two attached hydrogens (primary N) is 1. The first kappa shape index (κ1) is 12.0. The maximum atomic E-state index is 11.9. The smallest absolute Gasteiger partial charge is 0.241 e. The van der Waals surface area contributed by atoms with Gasteiger partial charge in [-0.2, -0.15) is 0 Å². The first-order chi connectivity index (χ1) is 8.20. The molecule has 0 saturated carbocycles. The Kier molecular flexibility index (Phi) is 3.73. The van der Waals surface area contributed by atoms with E-state index in [1.54, 1.807) is 0 Å². The number of hydrogen-bond acceptors (Lipinski definition) is 4. The summed E-state index contributed by atoms with van der Waals surface area (Å²) in [5.74, 6) is 5.15. The second kappa shape index (κ2) is 5.27. The van der Waals surface area contributed by atoms with Crippen molar-refractivity contribution in [2.24, 2.45) is 5.90 Å². The van der Waals surface area contributed by atoms with Crippen LogP contribution in [0.25, 0.3) is 0 Å². The minimum atomic E-state index is 0.140. The zero-order valence-corrected chi connectivity index (χ0v) is 9.93. The summed E-state index contributed by atoms with van der Waals surface area (Å²) in [5, 5.41) is 0. The number of anilines is 1. The molecule has 17 heavy (non-hydrogen) atoms. The van der Waals surface area contributed by atoms with Crippen molar-refractivity contribution in [1.29, 1.82) is 0 Å². The Balaban J connectivity index is 2.09. The number of carbonyl (C=O) groups is 1. The van der Waals surface area contributed by atoms with Gasteiger partial charge in [0.15, 0.2) is 0 Å². The zero-order valence-electron chi connectivity index (χ0n) is 9.93. The Labute approximate surface area is 101 Å². The lowest BCUT2D eigenvalue weighted by Gasteiger charge is -2.32. The van der Waals surface area contributed by atoms with Crippen LogP contribution < -0.4 is 10.8 Å². The number of benzene rings is 1. The highest BCUT2D eigenvalue weighted by atomic mass is 16.6. The van der Waals surface area contributed by atoms with Gasteiger partial charge in [0.25, 0.3) is 0 Å². The van der Waals surface area contributed by atoms with E-state index in [9.17, 15) is 4.79 Å². The molecule has 1 heterocycles. The Morgan fingerprint density at radius 1 is 1.29 bits per heavy atom. The molecule has 1 saturated heterocycles. The molecule has 1 aliphatic rings. The number of nitrogens with zero attached hydrogens (tertiary/aromatic N) is 2. The van der Waals surface area contributed by atoms with Crippen LogP contribution in [-0.4, -0.2) is 37.5 Å². The van der Waals surface area contributed by atoms with E-state index in [2.05, 4.69) is 4.84 Å². The van der Waals surface area contributed by atoms with Gasteiger partial charge in [0, 0.05) is 18.8 Å². The molecule has 0 aromatic heterocycles. The quantitative estimate of drug-likeness (QED) is 0.768. The van der Waals surface area contributed by atoms with Gasteiger partial charge in [-0.05, 0) is 24.7 Å². The van der Waals surface area contributed by atoms with E-state index >= 15 is 0 Å². The first-order valence-electron chi connectivity index (χ1n) is 5.60. The predicted octanol–water partition coefficient (Wildman–Crippen LogP) is 0.355. The maximum Gasteiger partial charge on any atom is 0.241 e. The molecule has 0 atom stereocenters. The van der Waals surface area contributed by atoms with Gasteiger partial charge in [0.2, 0.25) is 5.91 Å². The van der Waals surface area contributed by atoms with Crippen molar-refractivity contribution in [3.05, 3.63) is 29.8 Å². The third-order valence-corrected chi connectivity index (χ3v) is 2.91. The number of likely N-dealkylation sites (N-methyl/N-ethyl adjacent to an activating group) is 1. The minimum absolute atomic E-state index is 0.140. The molecular weight excluding hydrogens is 218 g/mol. The van der Waals surface area contributed by atoms with Crippen molar-refractivity contribution in [3.8, 4) is 0 Å². The SMILES string of the molecule is CN1CCN(c2ccc(CON)cc2)C(=O)C1. The lowest BCUT2D eigenvalue weighted by molar-refractivity contribution is -0.120. The van der Waals surface area contributed by atoms with Crippen molar-refractivity contribution in [2.75, 3.05) is 31.6 Å². The van der Waals surface area contributed by atoms with Gasteiger partial charge in [0.1, 0.15) is 0 Å². The lowest BCUT2D eigenvalue weighted by atomic mass is 10.2. The highest BCUT2D eigenvalue weighted by molar-refractivity contribution is 5.95. The third-order valence-electron chi connectivity index (χ3n) is 2.91. The van der Waals surface area contributed by atoms with E-state index in [0.29, 0.717) is 13.2 Å². The first-order valence-corrected chi connectivity index (χ1v) is 5.60. The summed E-state index contributed by atoms with van der Waals surface area (Å²) in [6.45, 7) is 2.51. The summed E-state index contributed by atoms with van der Waals surface area (Å²) in [4.78, 5) is 20.3. The van der Waals surface area contributed by atoms with E-state index in [0.717, 1.165) is 24.3 Å². The van der Waals surface area contributed by atoms with Crippen LogP contribution in [0.15, 0.2) is 24.3 Å². The highest BCUT2D eigenvalue weighted by Gasteiger charge is 2.22. The molecule has 0 spiro atoms. The summed E-state index contributed by atoms with van der Waals surface area (Å²) in [6.07, 6.45) is 0. The fourth-order valence-corrected chi connectivity index (χ4v) is 1.93. The van der Waals surface area contributed by atoms with Gasteiger partial charge in [-0.15, -0.1) is 0 Å². The Hall–Kier alpha value is -1.43. The van der Waals surface area contributed by atoms with Crippen molar-refractivity contribution in [1.82, 2.24) is 4.90 Å². The molecule has 1 aromatic rings. The maximum absolute atomic E-state index is 11.9. The molecule has 0 unspecified atom stereocenters. The normalized spacial score (nSPS) is 17.5. The summed E-state index contributed by atoms with van der Waals surface area (Å²) < 4.78 is 0. The molecule has 2 N–H and O–H groups in total. The van der Waals surface area contributed by atoms with Gasteiger partial charge in [-0.3, -0.25) is 14.5 Å². The Morgan fingerprint density at radius 2 is 2.00 bits per heavy atom. The minimum Gasteiger partial charge on any atom is -0.310 e. The van der Waals surface area contributed by atoms with Crippen molar-refractivity contribution in [3.63, 3.8) is 0 Å². The largest absolute Gasteiger partial charge is 0.310 e. The summed E-state index contributed by atoms with van der Waals surface area (Å²) in [5.41, 5.74) is 1.93. The molecule has 2 rings (SSSR count). The third kappa shape index (κ3) is 2.82. The molecule has 1 amide bonds. The van der Waals surface area contributed by atoms with Crippen LogP contribution in [-0.2, 0) is 16.2 Å². The van der Waals surface area contributed by atoms with Crippen molar-refractivity contribution < 1.29 is 9.63 Å². The average molecular weight is 235 g/mol. The predicted molar refractivity (Wildman–Crippen MR) is 65.3 cm³/mol. The monoisotopic (exact) mass is 235 g/mol. The molecule has 1 fully saturated rings. The van der Waals surface area contributed by atoms with Gasteiger partial charge in [-0.1, -0.05) is 12.1 Å². The molecule has 0 radical (unpaired) electrons. The number of rotatable bonds is 3. The standard InChI is InChI=1S/C12H17N3O2/c1-14-6-7-15(12(16)8-14)11-4-2-10(3-5-11)9-17-13/h2-5H,6-9,13H2,1H3. The van der Waals surface area contributed by atoms with Crippen LogP contribution in [0.3, 0.4) is 0 Å². The second-order valence-corrected chi connectivity index (χ2v) is 4.26. The van der Waals surface area contributed by atoms with Crippen LogP contribution in [0.5, 0.6) is 0 Å². The van der Waals surface area contributed by atoms with E-state index in [4.69, 9.17) is 5.90 Å². The molecule has 1 aromatic carbocycles. The van der Waals surface area contributed by atoms with Crippen molar-refractivity contribution in [2.45, 2.75) is 6.61 Å². The number of hydrogen-bond donors (Lipinski definition) is 1. The molecule has 5 nitrogen and oxygen atoms in total. The fourth-order valence-electron chi connectivity index (χ4n) is 1.93. The highest BCUT2D eigenvalue weighted by Crippen LogP contribution is 2.17. The molecule has 0 bridgehead atoms. The summed E-state index contributed by atoms with van der Waals surface area (Å²) >= 11 is 0. The van der Waals surface area contributed by atoms with Crippen LogP contribution in [0.2, 0.25) is 0 Å². The molecule has 92 valence electrons. The molecule has 5 heteroatoms. The number of piperazine rings is 1. The van der Waals surface area contributed by atoms with E-state index in [1.807, 2.05) is 41.1 Å². The topological polar surface area (TPSA) is 58.8 Å². The van der Waals surface area contributed by atoms with Gasteiger partial charge in [0.05, 0.1) is 13.2 Å². The molecule has 1 aliphatic heterocycles. The van der Waals surface area contributed by atoms with Crippen LogP contribution >= 0.6 is 0 Å². The lowest BCUT2D eigenvalue weighted by Crippen LogP contribution is -2.48. The van der Waals surface area contributed by atoms with Crippen LogP contribution in [0.1, 0.15) is 5.56 Å².